The number of amides is 1. The van der Waals surface area contributed by atoms with Crippen LogP contribution in [-0.2, 0) is 10.0 Å². The molecule has 0 spiro atoms. The average Bonchev–Trinajstić information content (AvgIpc) is 2.61. The first-order valence-corrected chi connectivity index (χ1v) is 9.77. The maximum absolute atomic E-state index is 12.5. The summed E-state index contributed by atoms with van der Waals surface area (Å²) >= 11 is 0. The fourth-order valence-electron chi connectivity index (χ4n) is 2.30. The molecule has 0 atom stereocenters. The highest BCUT2D eigenvalue weighted by molar-refractivity contribution is 7.89. The van der Waals surface area contributed by atoms with E-state index in [-0.39, 0.29) is 10.8 Å². The van der Waals surface area contributed by atoms with E-state index >= 15 is 0 Å². The summed E-state index contributed by atoms with van der Waals surface area (Å²) < 4.78 is 31.5. The summed E-state index contributed by atoms with van der Waals surface area (Å²) in [5, 5.41) is 2.74. The fourth-order valence-corrected chi connectivity index (χ4v) is 3.45. The maximum Gasteiger partial charge on any atom is 0.255 e. The SMILES string of the molecule is CCCOc1cccc(C(=O)Nc2ccc(C)c(S(=O)(=O)N(C)C)c2)c1. The third-order valence-corrected chi connectivity index (χ3v) is 5.73. The van der Waals surface area contributed by atoms with Gasteiger partial charge in [0.05, 0.1) is 11.5 Å². The molecule has 0 saturated heterocycles. The smallest absolute Gasteiger partial charge is 0.255 e. The Morgan fingerprint density at radius 3 is 2.54 bits per heavy atom. The molecule has 2 aromatic rings. The second-order valence-corrected chi connectivity index (χ2v) is 8.22. The van der Waals surface area contributed by atoms with Crippen LogP contribution >= 0.6 is 0 Å². The molecule has 0 aliphatic rings. The summed E-state index contributed by atoms with van der Waals surface area (Å²) in [7, 11) is -0.637. The number of ether oxygens (including phenoxy) is 1. The molecule has 6 nitrogen and oxygen atoms in total. The van der Waals surface area contributed by atoms with E-state index in [0.717, 1.165) is 10.7 Å². The molecule has 7 heteroatoms. The van der Waals surface area contributed by atoms with Crippen molar-refractivity contribution in [3.05, 3.63) is 53.6 Å². The topological polar surface area (TPSA) is 75.7 Å². The van der Waals surface area contributed by atoms with Crippen molar-refractivity contribution >= 4 is 21.6 Å². The Hall–Kier alpha value is -2.38. The Morgan fingerprint density at radius 1 is 1.15 bits per heavy atom. The van der Waals surface area contributed by atoms with Crippen molar-refractivity contribution in [3.8, 4) is 5.75 Å². The van der Waals surface area contributed by atoms with E-state index in [1.165, 1.54) is 20.2 Å². The second-order valence-electron chi connectivity index (χ2n) is 6.10. The Morgan fingerprint density at radius 2 is 1.88 bits per heavy atom. The lowest BCUT2D eigenvalue weighted by atomic mass is 10.2. The Labute approximate surface area is 154 Å². The number of nitrogens with one attached hydrogen (secondary N) is 1. The van der Waals surface area contributed by atoms with Gasteiger partial charge in [-0.25, -0.2) is 12.7 Å². The molecule has 0 heterocycles. The molecule has 26 heavy (non-hydrogen) atoms. The van der Waals surface area contributed by atoms with Gasteiger partial charge in [0.2, 0.25) is 10.0 Å². The molecular formula is C19H24N2O4S. The molecule has 2 aromatic carbocycles. The average molecular weight is 376 g/mol. The zero-order valence-corrected chi connectivity index (χ0v) is 16.3. The number of nitrogens with zero attached hydrogens (tertiary/aromatic N) is 1. The molecule has 2 rings (SSSR count). The van der Waals surface area contributed by atoms with Gasteiger partial charge in [-0.15, -0.1) is 0 Å². The van der Waals surface area contributed by atoms with Crippen LogP contribution < -0.4 is 10.1 Å². The minimum absolute atomic E-state index is 0.167. The van der Waals surface area contributed by atoms with E-state index in [1.807, 2.05) is 6.92 Å². The van der Waals surface area contributed by atoms with Crippen molar-refractivity contribution < 1.29 is 17.9 Å². The fraction of sp³-hybridized carbons (Fsp3) is 0.316. The summed E-state index contributed by atoms with van der Waals surface area (Å²) in [5.41, 5.74) is 1.48. The highest BCUT2D eigenvalue weighted by Gasteiger charge is 2.20. The molecule has 1 amide bonds. The van der Waals surface area contributed by atoms with E-state index in [4.69, 9.17) is 4.74 Å². The monoisotopic (exact) mass is 376 g/mol. The highest BCUT2D eigenvalue weighted by atomic mass is 32.2. The van der Waals surface area contributed by atoms with Crippen molar-refractivity contribution in [3.63, 3.8) is 0 Å². The van der Waals surface area contributed by atoms with Gasteiger partial charge in [0.15, 0.2) is 0 Å². The summed E-state index contributed by atoms with van der Waals surface area (Å²) in [6.45, 7) is 4.30. The van der Waals surface area contributed by atoms with Gasteiger partial charge >= 0.3 is 0 Å². The number of rotatable bonds is 7. The molecule has 0 aromatic heterocycles. The zero-order valence-electron chi connectivity index (χ0n) is 15.4. The normalized spacial score (nSPS) is 11.4. The standard InChI is InChI=1S/C19H24N2O4S/c1-5-11-25-17-8-6-7-15(12-17)19(22)20-16-10-9-14(2)18(13-16)26(23,24)21(3)4/h6-10,12-13H,5,11H2,1-4H3,(H,20,22). The van der Waals surface area contributed by atoms with E-state index < -0.39 is 10.0 Å². The molecule has 0 aliphatic carbocycles. The lowest BCUT2D eigenvalue weighted by molar-refractivity contribution is 0.102. The van der Waals surface area contributed by atoms with Gasteiger partial charge in [-0.3, -0.25) is 4.79 Å². The summed E-state index contributed by atoms with van der Waals surface area (Å²) in [6, 6.07) is 11.7. The number of sulfonamides is 1. The van der Waals surface area contributed by atoms with Crippen LogP contribution in [0, 0.1) is 6.92 Å². The molecule has 0 unspecified atom stereocenters. The lowest BCUT2D eigenvalue weighted by Crippen LogP contribution is -2.23. The molecule has 0 bridgehead atoms. The molecule has 0 fully saturated rings. The lowest BCUT2D eigenvalue weighted by Gasteiger charge is -2.15. The largest absolute Gasteiger partial charge is 0.494 e. The number of anilines is 1. The number of hydrogen-bond acceptors (Lipinski definition) is 4. The van der Waals surface area contributed by atoms with Crippen molar-refractivity contribution in [1.29, 1.82) is 0 Å². The van der Waals surface area contributed by atoms with Crippen LogP contribution in [0.25, 0.3) is 0 Å². The van der Waals surface area contributed by atoms with E-state index in [1.54, 1.807) is 43.3 Å². The van der Waals surface area contributed by atoms with E-state index in [2.05, 4.69) is 5.32 Å². The third kappa shape index (κ3) is 4.62. The van der Waals surface area contributed by atoms with Gasteiger partial charge in [-0.05, 0) is 49.2 Å². The van der Waals surface area contributed by atoms with Crippen LogP contribution in [0.5, 0.6) is 5.75 Å². The number of hydrogen-bond donors (Lipinski definition) is 1. The summed E-state index contributed by atoms with van der Waals surface area (Å²) in [6.07, 6.45) is 0.878. The van der Waals surface area contributed by atoms with Gasteiger partial charge in [0.25, 0.3) is 5.91 Å². The summed E-state index contributed by atoms with van der Waals surface area (Å²) in [4.78, 5) is 12.7. The predicted octanol–water partition coefficient (Wildman–Crippen LogP) is 3.29. The third-order valence-electron chi connectivity index (χ3n) is 3.77. The van der Waals surface area contributed by atoms with Crippen LogP contribution in [-0.4, -0.2) is 39.3 Å². The second kappa shape index (κ2) is 8.33. The van der Waals surface area contributed by atoms with Crippen molar-refractivity contribution in [2.45, 2.75) is 25.2 Å². The van der Waals surface area contributed by atoms with Crippen molar-refractivity contribution in [2.75, 3.05) is 26.0 Å². The van der Waals surface area contributed by atoms with Gasteiger partial charge in [-0.1, -0.05) is 19.1 Å². The van der Waals surface area contributed by atoms with Crippen LogP contribution in [0.1, 0.15) is 29.3 Å². The first-order valence-electron chi connectivity index (χ1n) is 8.33. The van der Waals surface area contributed by atoms with E-state index in [0.29, 0.717) is 29.2 Å². The summed E-state index contributed by atoms with van der Waals surface area (Å²) in [5.74, 6) is 0.295. The van der Waals surface area contributed by atoms with Crippen molar-refractivity contribution in [2.24, 2.45) is 0 Å². The van der Waals surface area contributed by atoms with E-state index in [9.17, 15) is 13.2 Å². The van der Waals surface area contributed by atoms with Crippen LogP contribution in [0.4, 0.5) is 5.69 Å². The molecule has 0 radical (unpaired) electrons. The van der Waals surface area contributed by atoms with Crippen LogP contribution in [0.3, 0.4) is 0 Å². The van der Waals surface area contributed by atoms with Crippen LogP contribution in [0.15, 0.2) is 47.4 Å². The number of carbonyl (C=O) groups excluding carboxylic acids is 1. The molecular weight excluding hydrogens is 352 g/mol. The minimum atomic E-state index is -3.59. The van der Waals surface area contributed by atoms with Gasteiger partial charge in [0.1, 0.15) is 5.75 Å². The quantitative estimate of drug-likeness (QED) is 0.805. The first-order chi connectivity index (χ1) is 12.3. The number of carbonyl (C=O) groups is 1. The van der Waals surface area contributed by atoms with Gasteiger partial charge in [-0.2, -0.15) is 0 Å². The number of aryl methyl sites for hydroxylation is 1. The van der Waals surface area contributed by atoms with Gasteiger partial charge in [0, 0.05) is 25.3 Å². The minimum Gasteiger partial charge on any atom is -0.494 e. The molecule has 1 N–H and O–H groups in total. The molecule has 140 valence electrons. The Kier molecular flexibility index (Phi) is 6.39. The Balaban J connectivity index is 2.25. The predicted molar refractivity (Wildman–Crippen MR) is 102 cm³/mol. The molecule has 0 aliphatic heterocycles. The zero-order chi connectivity index (χ0) is 19.3. The first kappa shape index (κ1) is 19.9. The molecule has 0 saturated carbocycles. The maximum atomic E-state index is 12.5. The number of benzene rings is 2. The van der Waals surface area contributed by atoms with Crippen LogP contribution in [0.2, 0.25) is 0 Å². The highest BCUT2D eigenvalue weighted by Crippen LogP contribution is 2.23. The van der Waals surface area contributed by atoms with Crippen molar-refractivity contribution in [1.82, 2.24) is 4.31 Å². The Bertz CT molecular complexity index is 892. The van der Waals surface area contributed by atoms with Gasteiger partial charge < -0.3 is 10.1 Å².